The van der Waals surface area contributed by atoms with Crippen LogP contribution < -0.4 is 11.1 Å². The number of benzene rings is 2. The number of para-hydroxylation sites is 2. The highest BCUT2D eigenvalue weighted by Crippen LogP contribution is 2.35. The van der Waals surface area contributed by atoms with Gasteiger partial charge in [0, 0.05) is 16.9 Å². The van der Waals surface area contributed by atoms with Gasteiger partial charge >= 0.3 is 5.97 Å². The number of carbonyl (C=O) groups excluding carboxylic acids is 1. The second kappa shape index (κ2) is 8.97. The van der Waals surface area contributed by atoms with Gasteiger partial charge < -0.3 is 16.2 Å². The van der Waals surface area contributed by atoms with Crippen molar-refractivity contribution in [3.63, 3.8) is 0 Å². The van der Waals surface area contributed by atoms with Crippen molar-refractivity contribution < 1.29 is 14.7 Å². The van der Waals surface area contributed by atoms with Gasteiger partial charge in [-0.25, -0.2) is 0 Å². The average molecular weight is 427 g/mol. The van der Waals surface area contributed by atoms with Crippen LogP contribution in [0.15, 0.2) is 42.5 Å². The second-order valence-electron chi connectivity index (χ2n) is 6.45. The molecule has 0 aliphatic carbocycles. The zero-order valence-electron chi connectivity index (χ0n) is 14.8. The van der Waals surface area contributed by atoms with E-state index in [2.05, 4.69) is 5.32 Å². The van der Waals surface area contributed by atoms with Gasteiger partial charge in [0.05, 0.1) is 15.7 Å². The molecular weight excluding hydrogens is 407 g/mol. The predicted molar refractivity (Wildman–Crippen MR) is 112 cm³/mol. The number of rotatable bonds is 7. The highest BCUT2D eigenvalue weighted by Gasteiger charge is 2.35. The lowest BCUT2D eigenvalue weighted by atomic mass is 10.1. The highest BCUT2D eigenvalue weighted by atomic mass is 35.5. The molecule has 0 saturated heterocycles. The summed E-state index contributed by atoms with van der Waals surface area (Å²) in [6.45, 7) is 3.28. The van der Waals surface area contributed by atoms with Gasteiger partial charge in [-0.05, 0) is 37.6 Å². The number of halogens is 2. The van der Waals surface area contributed by atoms with Crippen LogP contribution >= 0.6 is 35.0 Å². The van der Waals surface area contributed by atoms with Crippen molar-refractivity contribution in [1.29, 1.82) is 0 Å². The summed E-state index contributed by atoms with van der Waals surface area (Å²) in [6, 6.07) is 11.3. The third-order valence-electron chi connectivity index (χ3n) is 3.97. The molecule has 0 heterocycles. The smallest absolute Gasteiger partial charge is 0.321 e. The van der Waals surface area contributed by atoms with E-state index in [0.717, 1.165) is 17.3 Å². The lowest BCUT2D eigenvalue weighted by molar-refractivity contribution is -0.139. The van der Waals surface area contributed by atoms with E-state index in [1.54, 1.807) is 32.0 Å². The van der Waals surface area contributed by atoms with Gasteiger partial charge in [0.2, 0.25) is 0 Å². The van der Waals surface area contributed by atoms with Gasteiger partial charge in [-0.2, -0.15) is 0 Å². The summed E-state index contributed by atoms with van der Waals surface area (Å²) < 4.78 is -0.933. The maximum Gasteiger partial charge on any atom is 0.321 e. The lowest BCUT2D eigenvalue weighted by Crippen LogP contribution is -2.47. The van der Waals surface area contributed by atoms with Crippen molar-refractivity contribution in [1.82, 2.24) is 0 Å². The van der Waals surface area contributed by atoms with Crippen LogP contribution in [-0.2, 0) is 16.0 Å². The van der Waals surface area contributed by atoms with Crippen LogP contribution in [-0.4, -0.2) is 27.0 Å². The molecule has 0 fully saturated rings. The summed E-state index contributed by atoms with van der Waals surface area (Å²) in [4.78, 5) is 23.7. The predicted octanol–water partition coefficient (Wildman–Crippen LogP) is 4.73. The van der Waals surface area contributed by atoms with Gasteiger partial charge in [0.15, 0.2) is 5.12 Å². The number of thioether (sulfide) groups is 1. The number of anilines is 2. The number of hydrogen-bond acceptors (Lipinski definition) is 5. The number of aliphatic carboxylic acids is 1. The Morgan fingerprint density at radius 3 is 2.33 bits per heavy atom. The molecule has 0 aromatic heterocycles. The van der Waals surface area contributed by atoms with Crippen molar-refractivity contribution in [2.24, 2.45) is 5.73 Å². The first-order chi connectivity index (χ1) is 12.6. The van der Waals surface area contributed by atoms with E-state index in [0.29, 0.717) is 21.4 Å². The zero-order chi connectivity index (χ0) is 20.2. The van der Waals surface area contributed by atoms with Gasteiger partial charge in [-0.1, -0.05) is 59.2 Å². The number of nitrogens with two attached hydrogens (primary N) is 1. The van der Waals surface area contributed by atoms with E-state index in [4.69, 9.17) is 34.0 Å². The fourth-order valence-electron chi connectivity index (χ4n) is 2.39. The Morgan fingerprint density at radius 2 is 1.74 bits per heavy atom. The summed E-state index contributed by atoms with van der Waals surface area (Å²) in [6.07, 6.45) is 0.103. The number of carboxylic acids is 1. The largest absolute Gasteiger partial charge is 0.480 e. The minimum absolute atomic E-state index is 0.103. The standard InChI is InChI=1S/C19H20Cl2N2O3S/c1-19(2,17(22)18(25)26)27-15(24)10-11-6-3-4-9-14(11)23-16-12(20)7-5-8-13(16)21/h3-9,17,23H,10,22H2,1-2H3,(H,25,26)/t17-/m1/s1. The summed E-state index contributed by atoms with van der Waals surface area (Å²) in [7, 11) is 0. The molecule has 1 atom stereocenters. The van der Waals surface area contributed by atoms with E-state index < -0.39 is 16.8 Å². The Labute approximate surface area is 172 Å². The minimum Gasteiger partial charge on any atom is -0.480 e. The van der Waals surface area contributed by atoms with E-state index in [1.165, 1.54) is 0 Å². The molecule has 2 aromatic carbocycles. The molecule has 0 radical (unpaired) electrons. The van der Waals surface area contributed by atoms with Gasteiger partial charge in [-0.15, -0.1) is 0 Å². The van der Waals surface area contributed by atoms with E-state index in [9.17, 15) is 9.59 Å². The van der Waals surface area contributed by atoms with Crippen LogP contribution in [0.1, 0.15) is 19.4 Å². The number of nitrogens with one attached hydrogen (secondary N) is 1. The lowest BCUT2D eigenvalue weighted by Gasteiger charge is -2.27. The fraction of sp³-hybridized carbons (Fsp3) is 0.263. The molecule has 0 aliphatic rings. The third kappa shape index (κ3) is 5.62. The first-order valence-corrected chi connectivity index (χ1v) is 9.68. The van der Waals surface area contributed by atoms with Crippen LogP contribution in [0.5, 0.6) is 0 Å². The summed E-state index contributed by atoms with van der Waals surface area (Å²) in [5.41, 5.74) is 7.68. The van der Waals surface area contributed by atoms with Crippen molar-refractivity contribution in [2.45, 2.75) is 31.1 Å². The van der Waals surface area contributed by atoms with Crippen LogP contribution in [0, 0.1) is 0 Å². The molecule has 5 nitrogen and oxygen atoms in total. The first kappa shape index (κ1) is 21.6. The third-order valence-corrected chi connectivity index (χ3v) is 5.75. The Bertz CT molecular complexity index is 838. The Kier molecular flexibility index (Phi) is 7.17. The molecule has 0 bridgehead atoms. The molecule has 4 N–H and O–H groups in total. The summed E-state index contributed by atoms with van der Waals surface area (Å²) >= 11 is 13.3. The Hall–Kier alpha value is -1.73. The average Bonchev–Trinajstić information content (AvgIpc) is 2.58. The van der Waals surface area contributed by atoms with Crippen LogP contribution in [0.25, 0.3) is 0 Å². The van der Waals surface area contributed by atoms with Crippen LogP contribution in [0.4, 0.5) is 11.4 Å². The molecule has 0 amide bonds. The van der Waals surface area contributed by atoms with Crippen molar-refractivity contribution in [3.8, 4) is 0 Å². The van der Waals surface area contributed by atoms with Gasteiger partial charge in [0.1, 0.15) is 6.04 Å². The molecule has 0 aliphatic heterocycles. The first-order valence-electron chi connectivity index (χ1n) is 8.11. The maximum absolute atomic E-state index is 12.5. The molecule has 27 heavy (non-hydrogen) atoms. The number of carboxylic acid groups (broad SMARTS) is 1. The van der Waals surface area contributed by atoms with Crippen LogP contribution in [0.3, 0.4) is 0 Å². The number of hydrogen-bond donors (Lipinski definition) is 3. The summed E-state index contributed by atoms with van der Waals surface area (Å²) in [5.74, 6) is -1.14. The van der Waals surface area contributed by atoms with E-state index in [1.807, 2.05) is 24.3 Å². The van der Waals surface area contributed by atoms with Crippen LogP contribution in [0.2, 0.25) is 10.0 Å². The van der Waals surface area contributed by atoms with Crippen molar-refractivity contribution in [3.05, 3.63) is 58.1 Å². The molecule has 0 unspecified atom stereocenters. The molecule has 8 heteroatoms. The molecule has 0 saturated carbocycles. The molecule has 2 rings (SSSR count). The molecular formula is C19H20Cl2N2O3S. The normalized spacial score (nSPS) is 12.5. The van der Waals surface area contributed by atoms with E-state index >= 15 is 0 Å². The quantitative estimate of drug-likeness (QED) is 0.592. The maximum atomic E-state index is 12.5. The Morgan fingerprint density at radius 1 is 1.15 bits per heavy atom. The highest BCUT2D eigenvalue weighted by molar-refractivity contribution is 8.14. The number of carbonyl (C=O) groups is 2. The van der Waals surface area contributed by atoms with Gasteiger partial charge in [0.25, 0.3) is 0 Å². The van der Waals surface area contributed by atoms with Crippen molar-refractivity contribution in [2.75, 3.05) is 5.32 Å². The SMILES string of the molecule is CC(C)(SC(=O)Cc1ccccc1Nc1c(Cl)cccc1Cl)[C@H](N)C(=O)O. The molecule has 2 aromatic rings. The summed E-state index contributed by atoms with van der Waals surface area (Å²) in [5, 5.41) is 13.0. The second-order valence-corrected chi connectivity index (χ2v) is 8.98. The Balaban J connectivity index is 2.19. The zero-order valence-corrected chi connectivity index (χ0v) is 17.2. The monoisotopic (exact) mass is 426 g/mol. The fourth-order valence-corrected chi connectivity index (χ4v) is 3.93. The topological polar surface area (TPSA) is 92.4 Å². The minimum atomic E-state index is -1.15. The molecule has 0 spiro atoms. The molecule has 144 valence electrons. The van der Waals surface area contributed by atoms with E-state index in [-0.39, 0.29) is 11.5 Å². The van der Waals surface area contributed by atoms with Gasteiger partial charge in [-0.3, -0.25) is 9.59 Å². The van der Waals surface area contributed by atoms with Crippen molar-refractivity contribution >= 4 is 57.4 Å².